The van der Waals surface area contributed by atoms with Crippen molar-refractivity contribution in [2.75, 3.05) is 20.1 Å². The van der Waals surface area contributed by atoms with Crippen molar-refractivity contribution < 1.29 is 4.42 Å². The van der Waals surface area contributed by atoms with Crippen molar-refractivity contribution in [1.29, 1.82) is 0 Å². The molecule has 1 rings (SSSR count). The van der Waals surface area contributed by atoms with E-state index in [1.165, 1.54) is 0 Å². The molecule has 0 atom stereocenters. The van der Waals surface area contributed by atoms with Crippen molar-refractivity contribution >= 4 is 0 Å². The van der Waals surface area contributed by atoms with Gasteiger partial charge in [-0.3, -0.25) is 4.90 Å². The molecule has 0 fully saturated rings. The van der Waals surface area contributed by atoms with E-state index in [1.54, 1.807) is 0 Å². The second kappa shape index (κ2) is 5.51. The van der Waals surface area contributed by atoms with Crippen molar-refractivity contribution in [2.45, 2.75) is 39.8 Å². The number of hydrogen-bond acceptors (Lipinski definition) is 3. The zero-order valence-electron chi connectivity index (χ0n) is 11.1. The molecule has 0 bridgehead atoms. The zero-order valence-corrected chi connectivity index (χ0v) is 11.1. The van der Waals surface area contributed by atoms with E-state index in [-0.39, 0.29) is 5.54 Å². The van der Waals surface area contributed by atoms with Crippen LogP contribution in [0.5, 0.6) is 0 Å². The van der Waals surface area contributed by atoms with E-state index in [0.29, 0.717) is 0 Å². The van der Waals surface area contributed by atoms with E-state index < -0.39 is 0 Å². The third kappa shape index (κ3) is 4.37. The van der Waals surface area contributed by atoms with Crippen LogP contribution < -0.4 is 5.32 Å². The summed E-state index contributed by atoms with van der Waals surface area (Å²) in [7, 11) is 2.12. The molecule has 0 spiro atoms. The summed E-state index contributed by atoms with van der Waals surface area (Å²) >= 11 is 0. The summed E-state index contributed by atoms with van der Waals surface area (Å²) in [5.41, 5.74) is 0.144. The topological polar surface area (TPSA) is 28.4 Å². The van der Waals surface area contributed by atoms with Gasteiger partial charge in [0.1, 0.15) is 11.5 Å². The summed E-state index contributed by atoms with van der Waals surface area (Å²) in [6.45, 7) is 11.4. The summed E-state index contributed by atoms with van der Waals surface area (Å²) in [5.74, 6) is 2.02. The average Bonchev–Trinajstić information content (AvgIpc) is 2.49. The lowest BCUT2D eigenvalue weighted by Gasteiger charge is -2.30. The number of nitrogens with zero attached hydrogens (tertiary/aromatic N) is 1. The number of hydrogen-bond donors (Lipinski definition) is 1. The minimum Gasteiger partial charge on any atom is -0.465 e. The molecule has 0 unspecified atom stereocenters. The summed E-state index contributed by atoms with van der Waals surface area (Å²) in [5, 5.41) is 3.47. The van der Waals surface area contributed by atoms with Gasteiger partial charge in [0.05, 0.1) is 6.54 Å². The van der Waals surface area contributed by atoms with Gasteiger partial charge in [-0.15, -0.1) is 0 Å². The largest absolute Gasteiger partial charge is 0.465 e. The molecule has 1 N–H and O–H groups in total. The molecule has 16 heavy (non-hydrogen) atoms. The molecule has 0 aliphatic rings. The highest BCUT2D eigenvalue weighted by Crippen LogP contribution is 2.11. The molecule has 3 heteroatoms. The Balaban J connectivity index is 2.44. The maximum Gasteiger partial charge on any atom is 0.118 e. The zero-order chi connectivity index (χ0) is 12.2. The molecular weight excluding hydrogens is 200 g/mol. The second-order valence-electron chi connectivity index (χ2n) is 5.10. The molecule has 0 amide bonds. The molecule has 0 saturated carbocycles. The summed E-state index contributed by atoms with van der Waals surface area (Å²) in [6.07, 6.45) is 0. The average molecular weight is 224 g/mol. The van der Waals surface area contributed by atoms with Crippen molar-refractivity contribution in [3.05, 3.63) is 23.7 Å². The molecule has 0 aliphatic heterocycles. The Morgan fingerprint density at radius 1 is 1.38 bits per heavy atom. The van der Waals surface area contributed by atoms with E-state index in [9.17, 15) is 0 Å². The minimum atomic E-state index is 0.144. The number of aryl methyl sites for hydroxylation is 1. The molecule has 0 radical (unpaired) electrons. The third-order valence-corrected chi connectivity index (χ3v) is 2.54. The molecule has 92 valence electrons. The van der Waals surface area contributed by atoms with Crippen LogP contribution in [0.4, 0.5) is 0 Å². The molecule has 0 aliphatic carbocycles. The van der Waals surface area contributed by atoms with Gasteiger partial charge in [0.25, 0.3) is 0 Å². The smallest absolute Gasteiger partial charge is 0.118 e. The Labute approximate surface area is 98.8 Å². The highest BCUT2D eigenvalue weighted by Gasteiger charge is 2.18. The van der Waals surface area contributed by atoms with Crippen LogP contribution in [-0.2, 0) is 6.54 Å². The van der Waals surface area contributed by atoms with Gasteiger partial charge in [0.15, 0.2) is 0 Å². The van der Waals surface area contributed by atoms with E-state index in [2.05, 4.69) is 38.0 Å². The van der Waals surface area contributed by atoms with Crippen molar-refractivity contribution in [2.24, 2.45) is 0 Å². The Bertz CT molecular complexity index is 317. The van der Waals surface area contributed by atoms with E-state index >= 15 is 0 Å². The molecule has 1 heterocycles. The molecule has 0 aromatic carbocycles. The first-order valence-corrected chi connectivity index (χ1v) is 5.92. The summed E-state index contributed by atoms with van der Waals surface area (Å²) < 4.78 is 5.57. The fourth-order valence-electron chi connectivity index (χ4n) is 2.10. The van der Waals surface area contributed by atoms with Crippen LogP contribution in [0.25, 0.3) is 0 Å². The standard InChI is InChI=1S/C13H24N2O/c1-6-14-13(3,4)10-15(5)9-12-8-7-11(2)16-12/h7-8,14H,6,9-10H2,1-5H3. The Kier molecular flexibility index (Phi) is 4.56. The fourth-order valence-corrected chi connectivity index (χ4v) is 2.10. The van der Waals surface area contributed by atoms with Crippen LogP contribution in [-0.4, -0.2) is 30.6 Å². The van der Waals surface area contributed by atoms with Crippen LogP contribution in [0, 0.1) is 6.92 Å². The molecular formula is C13H24N2O. The maximum atomic E-state index is 5.57. The van der Waals surface area contributed by atoms with Gasteiger partial charge in [-0.05, 0) is 46.5 Å². The van der Waals surface area contributed by atoms with Crippen LogP contribution in [0.2, 0.25) is 0 Å². The monoisotopic (exact) mass is 224 g/mol. The number of rotatable bonds is 6. The highest BCUT2D eigenvalue weighted by atomic mass is 16.3. The molecule has 1 aromatic rings. The Morgan fingerprint density at radius 2 is 2.06 bits per heavy atom. The van der Waals surface area contributed by atoms with Gasteiger partial charge < -0.3 is 9.73 Å². The first-order valence-electron chi connectivity index (χ1n) is 5.92. The number of likely N-dealkylation sites (N-methyl/N-ethyl adjacent to an activating group) is 2. The fraction of sp³-hybridized carbons (Fsp3) is 0.692. The Morgan fingerprint density at radius 3 is 2.56 bits per heavy atom. The van der Waals surface area contributed by atoms with Gasteiger partial charge in [-0.25, -0.2) is 0 Å². The first-order chi connectivity index (χ1) is 7.43. The van der Waals surface area contributed by atoms with E-state index in [4.69, 9.17) is 4.42 Å². The summed E-state index contributed by atoms with van der Waals surface area (Å²) in [4.78, 5) is 2.28. The maximum absolute atomic E-state index is 5.57. The van der Waals surface area contributed by atoms with Crippen molar-refractivity contribution in [1.82, 2.24) is 10.2 Å². The molecule has 3 nitrogen and oxygen atoms in total. The lowest BCUT2D eigenvalue weighted by Crippen LogP contribution is -2.47. The lowest BCUT2D eigenvalue weighted by molar-refractivity contribution is 0.217. The van der Waals surface area contributed by atoms with Crippen LogP contribution in [0.3, 0.4) is 0 Å². The lowest BCUT2D eigenvalue weighted by atomic mass is 10.1. The third-order valence-electron chi connectivity index (χ3n) is 2.54. The molecule has 0 saturated heterocycles. The van der Waals surface area contributed by atoms with E-state index in [1.807, 2.05) is 19.1 Å². The quantitative estimate of drug-likeness (QED) is 0.804. The predicted octanol–water partition coefficient (Wildman–Crippen LogP) is 2.41. The normalized spacial score (nSPS) is 12.4. The second-order valence-corrected chi connectivity index (χ2v) is 5.10. The van der Waals surface area contributed by atoms with Gasteiger partial charge in [0, 0.05) is 12.1 Å². The number of furan rings is 1. The Hall–Kier alpha value is -0.800. The number of nitrogens with one attached hydrogen (secondary N) is 1. The predicted molar refractivity (Wildman–Crippen MR) is 67.5 cm³/mol. The van der Waals surface area contributed by atoms with Gasteiger partial charge in [-0.2, -0.15) is 0 Å². The van der Waals surface area contributed by atoms with Crippen molar-refractivity contribution in [3.8, 4) is 0 Å². The van der Waals surface area contributed by atoms with Gasteiger partial charge in [-0.1, -0.05) is 6.92 Å². The van der Waals surface area contributed by atoms with Crippen molar-refractivity contribution in [3.63, 3.8) is 0 Å². The minimum absolute atomic E-state index is 0.144. The van der Waals surface area contributed by atoms with E-state index in [0.717, 1.165) is 31.2 Å². The van der Waals surface area contributed by atoms with Gasteiger partial charge >= 0.3 is 0 Å². The summed E-state index contributed by atoms with van der Waals surface area (Å²) in [6, 6.07) is 4.06. The van der Waals surface area contributed by atoms with Gasteiger partial charge in [0.2, 0.25) is 0 Å². The highest BCUT2D eigenvalue weighted by molar-refractivity contribution is 5.05. The first kappa shape index (κ1) is 13.3. The van der Waals surface area contributed by atoms with Crippen LogP contribution in [0.15, 0.2) is 16.5 Å². The van der Waals surface area contributed by atoms with Crippen LogP contribution in [0.1, 0.15) is 32.3 Å². The SMILES string of the molecule is CCNC(C)(C)CN(C)Cc1ccc(C)o1. The molecule has 1 aromatic heterocycles. The van der Waals surface area contributed by atoms with Crippen LogP contribution >= 0.6 is 0 Å².